The molecule has 0 aliphatic carbocycles. The van der Waals surface area contributed by atoms with Crippen LogP contribution in [0.2, 0.25) is 0 Å². The third kappa shape index (κ3) is 14.6. The topological polar surface area (TPSA) is 74.3 Å². The van der Waals surface area contributed by atoms with Gasteiger partial charge in [0.15, 0.2) is 11.5 Å². The second kappa shape index (κ2) is 9.16. The Hall–Kier alpha value is -0.0700. The minimum atomic E-state index is -3.94. The van der Waals surface area contributed by atoms with Gasteiger partial charge in [-0.2, -0.15) is 0 Å². The highest BCUT2D eigenvalue weighted by molar-refractivity contribution is 7.98. The van der Waals surface area contributed by atoms with Crippen molar-refractivity contribution in [2.45, 2.75) is 66.1 Å². The molecule has 0 saturated heterocycles. The van der Waals surface area contributed by atoms with Gasteiger partial charge in [-0.1, -0.05) is 34.1 Å². The maximum absolute atomic E-state index is 11.7. The molecule has 0 rings (SSSR count). The normalized spacial score (nSPS) is 14.1. The first kappa shape index (κ1) is 23.2. The van der Waals surface area contributed by atoms with E-state index < -0.39 is 10.1 Å². The fraction of sp³-hybridized carbons (Fsp3) is 0.933. The lowest BCUT2D eigenvalue weighted by molar-refractivity contribution is -0.123. The van der Waals surface area contributed by atoms with Crippen molar-refractivity contribution in [1.82, 2.24) is 0 Å². The van der Waals surface area contributed by atoms with E-state index in [0.717, 1.165) is 12.2 Å². The number of rotatable bonds is 5. The molecule has 0 aliphatic heterocycles. The molecule has 0 aliphatic rings. The van der Waals surface area contributed by atoms with Crippen LogP contribution in [0.15, 0.2) is 0 Å². The van der Waals surface area contributed by atoms with E-state index in [2.05, 4.69) is 27.0 Å². The van der Waals surface area contributed by atoms with Crippen LogP contribution in [0.25, 0.3) is 0 Å². The molecule has 0 aromatic carbocycles. The summed E-state index contributed by atoms with van der Waals surface area (Å²) in [5, 5.41) is 0. The van der Waals surface area contributed by atoms with Crippen molar-refractivity contribution in [1.29, 1.82) is 0 Å². The molecule has 0 saturated carbocycles. The fourth-order valence-electron chi connectivity index (χ4n) is 0.951. The largest absolute Gasteiger partial charge is 0.748 e. The van der Waals surface area contributed by atoms with Crippen molar-refractivity contribution >= 4 is 26.8 Å². The molecular weight excluding hydrogens is 308 g/mol. The Bertz CT molecular complexity index is 400. The summed E-state index contributed by atoms with van der Waals surface area (Å²) in [4.78, 5) is 11.7. The molecule has 0 amide bonds. The van der Waals surface area contributed by atoms with Crippen molar-refractivity contribution in [3.8, 4) is 0 Å². The van der Waals surface area contributed by atoms with Crippen LogP contribution in [0.5, 0.6) is 0 Å². The SMILES string of the molecule is CCCCS(=O)(=O)[O-].C[S+](CC(=O)C(C)(C)C)C(C)(C)C. The monoisotopic (exact) mass is 340 g/mol. The van der Waals surface area contributed by atoms with Crippen LogP contribution in [-0.2, 0) is 25.8 Å². The first-order valence-corrected chi connectivity index (χ1v) is 10.6. The molecule has 0 aromatic rings. The third-order valence-electron chi connectivity index (χ3n) is 2.98. The number of carbonyl (C=O) groups excluding carboxylic acids is 1. The summed E-state index contributed by atoms with van der Waals surface area (Å²) in [6, 6.07) is 0. The summed E-state index contributed by atoms with van der Waals surface area (Å²) in [6.45, 7) is 14.4. The summed E-state index contributed by atoms with van der Waals surface area (Å²) < 4.78 is 29.8. The summed E-state index contributed by atoms with van der Waals surface area (Å²) in [7, 11) is -3.75. The number of carbonyl (C=O) groups is 1. The minimum Gasteiger partial charge on any atom is -0.748 e. The minimum absolute atomic E-state index is 0.174. The molecule has 0 radical (unpaired) electrons. The Balaban J connectivity index is 0. The van der Waals surface area contributed by atoms with Crippen LogP contribution < -0.4 is 0 Å². The van der Waals surface area contributed by atoms with E-state index in [1.54, 1.807) is 0 Å². The van der Waals surface area contributed by atoms with Gasteiger partial charge in [0.25, 0.3) is 0 Å². The van der Waals surface area contributed by atoms with Gasteiger partial charge in [0.05, 0.1) is 16.4 Å². The van der Waals surface area contributed by atoms with E-state index in [4.69, 9.17) is 0 Å². The van der Waals surface area contributed by atoms with Gasteiger partial charge >= 0.3 is 0 Å². The molecule has 1 unspecified atom stereocenters. The molecule has 0 fully saturated rings. The number of ketones is 1. The summed E-state index contributed by atoms with van der Waals surface area (Å²) >= 11 is 0. The molecule has 0 heterocycles. The zero-order valence-corrected chi connectivity index (χ0v) is 16.4. The quantitative estimate of drug-likeness (QED) is 0.569. The van der Waals surface area contributed by atoms with Crippen LogP contribution in [0.3, 0.4) is 0 Å². The Kier molecular flexibility index (Phi) is 10.1. The van der Waals surface area contributed by atoms with Crippen LogP contribution in [-0.4, -0.2) is 41.3 Å². The summed E-state index contributed by atoms with van der Waals surface area (Å²) in [6.07, 6.45) is 3.41. The number of hydrogen-bond acceptors (Lipinski definition) is 4. The lowest BCUT2D eigenvalue weighted by atomic mass is 9.92. The molecule has 0 N–H and O–H groups in total. The Morgan fingerprint density at radius 1 is 1.10 bits per heavy atom. The van der Waals surface area contributed by atoms with Gasteiger partial charge in [-0.3, -0.25) is 4.79 Å². The highest BCUT2D eigenvalue weighted by Crippen LogP contribution is 2.21. The second-order valence-corrected chi connectivity index (χ2v) is 11.5. The summed E-state index contributed by atoms with van der Waals surface area (Å²) in [5.74, 6) is 0.893. The Labute approximate surface area is 134 Å². The van der Waals surface area contributed by atoms with Crippen LogP contribution in [0.1, 0.15) is 61.3 Å². The maximum atomic E-state index is 11.7. The first-order chi connectivity index (χ1) is 9.11. The Morgan fingerprint density at radius 2 is 1.52 bits per heavy atom. The summed E-state index contributed by atoms with van der Waals surface area (Å²) in [5.41, 5.74) is -0.174. The van der Waals surface area contributed by atoms with Crippen LogP contribution >= 0.6 is 0 Å². The van der Waals surface area contributed by atoms with Crippen LogP contribution in [0, 0.1) is 5.41 Å². The maximum Gasteiger partial charge on any atom is 0.187 e. The van der Waals surface area contributed by atoms with Crippen molar-refractivity contribution < 1.29 is 17.8 Å². The van der Waals surface area contributed by atoms with Gasteiger partial charge in [-0.05, 0) is 38.1 Å². The van der Waals surface area contributed by atoms with Gasteiger partial charge in [0.1, 0.15) is 4.75 Å². The molecule has 1 atom stereocenters. The second-order valence-electron chi connectivity index (χ2n) is 7.18. The smallest absolute Gasteiger partial charge is 0.187 e. The lowest BCUT2D eigenvalue weighted by Gasteiger charge is -2.21. The predicted molar refractivity (Wildman–Crippen MR) is 91.8 cm³/mol. The predicted octanol–water partition coefficient (Wildman–Crippen LogP) is 2.98. The van der Waals surface area contributed by atoms with E-state index in [0.29, 0.717) is 12.2 Å². The van der Waals surface area contributed by atoms with E-state index in [9.17, 15) is 17.8 Å². The van der Waals surface area contributed by atoms with Gasteiger partial charge < -0.3 is 4.55 Å². The number of Topliss-reactive ketones (excluding diaryl/α,β-unsaturated/α-hetero) is 1. The zero-order chi connectivity index (χ0) is 17.5. The number of hydrogen-bond donors (Lipinski definition) is 0. The molecule has 4 nitrogen and oxygen atoms in total. The molecule has 0 spiro atoms. The van der Waals surface area contributed by atoms with Crippen molar-refractivity contribution in [3.05, 3.63) is 0 Å². The van der Waals surface area contributed by atoms with E-state index in [-0.39, 0.29) is 26.8 Å². The molecule has 21 heavy (non-hydrogen) atoms. The molecule has 128 valence electrons. The van der Waals surface area contributed by atoms with Gasteiger partial charge in [0, 0.05) is 11.2 Å². The van der Waals surface area contributed by atoms with Crippen molar-refractivity contribution in [2.24, 2.45) is 5.41 Å². The van der Waals surface area contributed by atoms with E-state index in [1.807, 2.05) is 27.7 Å². The van der Waals surface area contributed by atoms with Gasteiger partial charge in [-0.25, -0.2) is 8.42 Å². The van der Waals surface area contributed by atoms with E-state index in [1.165, 1.54) is 0 Å². The average Bonchev–Trinajstić information content (AvgIpc) is 2.23. The first-order valence-electron chi connectivity index (χ1n) is 7.20. The highest BCUT2D eigenvalue weighted by Gasteiger charge is 2.35. The standard InChI is InChI=1S/C11H23OS.C4H10O3S/c1-10(2,3)9(12)8-13(7)11(4,5)6;1-2-3-4-8(5,6)7/h8H2,1-7H3;2-4H2,1H3,(H,5,6,7)/q+1;/p-1. The lowest BCUT2D eigenvalue weighted by Crippen LogP contribution is -2.36. The zero-order valence-electron chi connectivity index (χ0n) is 14.8. The van der Waals surface area contributed by atoms with Crippen molar-refractivity contribution in [3.63, 3.8) is 0 Å². The molecule has 6 heteroatoms. The molecular formula is C15H32O4S2. The Morgan fingerprint density at radius 3 is 1.71 bits per heavy atom. The molecule has 0 bridgehead atoms. The van der Waals surface area contributed by atoms with Crippen LogP contribution in [0.4, 0.5) is 0 Å². The highest BCUT2D eigenvalue weighted by atomic mass is 32.2. The fourth-order valence-corrected chi connectivity index (χ4v) is 2.85. The number of unbranched alkanes of at least 4 members (excludes halogenated alkanes) is 1. The van der Waals surface area contributed by atoms with E-state index >= 15 is 0 Å². The molecule has 0 aromatic heterocycles. The third-order valence-corrected chi connectivity index (χ3v) is 6.55. The van der Waals surface area contributed by atoms with Gasteiger partial charge in [-0.15, -0.1) is 0 Å². The average molecular weight is 341 g/mol. The van der Waals surface area contributed by atoms with Crippen molar-refractivity contribution in [2.75, 3.05) is 17.8 Å². The van der Waals surface area contributed by atoms with Gasteiger partial charge in [0.2, 0.25) is 0 Å².